The van der Waals surface area contributed by atoms with Crippen molar-refractivity contribution in [1.29, 1.82) is 0 Å². The van der Waals surface area contributed by atoms with Gasteiger partial charge in [0.05, 0.1) is 14.2 Å². The number of hydrogen-bond donors (Lipinski definition) is 2. The first-order valence-electron chi connectivity index (χ1n) is 9.99. The Balaban J connectivity index is 1.77. The number of ether oxygens (including phenoxy) is 1. The molecule has 154 valence electrons. The van der Waals surface area contributed by atoms with E-state index in [-0.39, 0.29) is 17.9 Å². The zero-order chi connectivity index (χ0) is 21.0. The molecule has 1 heterocycles. The van der Waals surface area contributed by atoms with Crippen molar-refractivity contribution in [3.05, 3.63) is 65.7 Å². The Hall–Kier alpha value is -2.86. The first-order chi connectivity index (χ1) is 13.9. The van der Waals surface area contributed by atoms with Gasteiger partial charge >= 0.3 is 6.03 Å². The van der Waals surface area contributed by atoms with Crippen molar-refractivity contribution in [2.45, 2.75) is 32.4 Å². The quantitative estimate of drug-likeness (QED) is 0.672. The van der Waals surface area contributed by atoms with Crippen LogP contribution in [0.3, 0.4) is 0 Å². The summed E-state index contributed by atoms with van der Waals surface area (Å²) in [7, 11) is 3.62. The predicted octanol–water partition coefficient (Wildman–Crippen LogP) is 2.16. The van der Waals surface area contributed by atoms with E-state index in [1.807, 2.05) is 61.6 Å². The van der Waals surface area contributed by atoms with Gasteiger partial charge in [0.15, 0.2) is 6.67 Å². The zero-order valence-corrected chi connectivity index (χ0v) is 17.6. The van der Waals surface area contributed by atoms with Crippen molar-refractivity contribution >= 4 is 11.9 Å². The Kier molecular flexibility index (Phi) is 6.23. The molecule has 1 aliphatic rings. The van der Waals surface area contributed by atoms with Crippen molar-refractivity contribution < 1.29 is 19.2 Å². The van der Waals surface area contributed by atoms with Crippen LogP contribution >= 0.6 is 0 Å². The molecular formula is C23H30N3O3+. The Labute approximate surface area is 172 Å². The number of nitrogens with zero attached hydrogens (tertiary/aromatic N) is 1. The average molecular weight is 397 g/mol. The predicted molar refractivity (Wildman–Crippen MR) is 111 cm³/mol. The lowest BCUT2D eigenvalue weighted by Crippen LogP contribution is -3.09. The molecule has 1 aliphatic heterocycles. The summed E-state index contributed by atoms with van der Waals surface area (Å²) in [6.07, 6.45) is 0.565. The van der Waals surface area contributed by atoms with Gasteiger partial charge in [-0.15, -0.1) is 0 Å². The molecule has 6 heteroatoms. The molecule has 0 radical (unpaired) electrons. The second kappa shape index (κ2) is 8.66. The maximum Gasteiger partial charge on any atom is 0.329 e. The highest BCUT2D eigenvalue weighted by atomic mass is 16.5. The second-order valence-electron chi connectivity index (χ2n) is 8.17. The molecule has 0 bridgehead atoms. The molecule has 1 fully saturated rings. The molecule has 0 aromatic heterocycles. The number of methoxy groups -OCH3 is 1. The molecule has 2 aromatic carbocycles. The topological polar surface area (TPSA) is 63.1 Å². The average Bonchev–Trinajstić information content (AvgIpc) is 2.93. The van der Waals surface area contributed by atoms with Crippen molar-refractivity contribution in [2.75, 3.05) is 20.8 Å². The van der Waals surface area contributed by atoms with E-state index in [2.05, 4.69) is 19.2 Å². The normalized spacial score (nSPS) is 20.1. The Morgan fingerprint density at radius 1 is 1.07 bits per heavy atom. The van der Waals surface area contributed by atoms with Gasteiger partial charge < -0.3 is 15.0 Å². The van der Waals surface area contributed by atoms with Gasteiger partial charge in [-0.3, -0.25) is 4.79 Å². The molecule has 1 saturated heterocycles. The molecule has 2 aromatic rings. The summed E-state index contributed by atoms with van der Waals surface area (Å²) in [6.45, 7) is 5.13. The van der Waals surface area contributed by atoms with Crippen LogP contribution in [0.1, 0.15) is 31.4 Å². The van der Waals surface area contributed by atoms with Crippen LogP contribution in [0.25, 0.3) is 0 Å². The lowest BCUT2D eigenvalue weighted by Gasteiger charge is -2.29. The van der Waals surface area contributed by atoms with Crippen LogP contribution in [0.5, 0.6) is 5.75 Å². The number of carbonyl (C=O) groups is 2. The summed E-state index contributed by atoms with van der Waals surface area (Å²) in [6, 6.07) is 17.1. The number of hydrogen-bond acceptors (Lipinski definition) is 3. The van der Waals surface area contributed by atoms with Crippen LogP contribution < -0.4 is 15.0 Å². The van der Waals surface area contributed by atoms with Gasteiger partial charge in [-0.2, -0.15) is 0 Å². The lowest BCUT2D eigenvalue weighted by molar-refractivity contribution is -0.901. The number of urea groups is 1. The van der Waals surface area contributed by atoms with Crippen LogP contribution in [-0.2, 0) is 16.9 Å². The van der Waals surface area contributed by atoms with Crippen LogP contribution in [0.4, 0.5) is 4.79 Å². The van der Waals surface area contributed by atoms with Crippen molar-refractivity contribution in [2.24, 2.45) is 5.92 Å². The minimum atomic E-state index is -0.993. The standard InChI is InChI=1S/C23H29N3O3/c1-17(2)14-23(19-8-6-5-7-9-19)21(27)26(22(28)24-23)16-25(3)15-18-10-12-20(29-4)13-11-18/h5-13,17H,14-16H2,1-4H3,(H,24,28)/p+1/t23-/m0/s1. The number of nitrogens with one attached hydrogen (secondary N) is 2. The summed E-state index contributed by atoms with van der Waals surface area (Å²) in [5.41, 5.74) is 0.960. The van der Waals surface area contributed by atoms with Gasteiger partial charge in [0.2, 0.25) is 0 Å². The van der Waals surface area contributed by atoms with E-state index in [1.165, 1.54) is 4.90 Å². The van der Waals surface area contributed by atoms with E-state index in [1.54, 1.807) is 7.11 Å². The van der Waals surface area contributed by atoms with Gasteiger partial charge in [0, 0.05) is 5.56 Å². The molecule has 0 aliphatic carbocycles. The van der Waals surface area contributed by atoms with Gasteiger partial charge in [-0.25, -0.2) is 9.69 Å². The first-order valence-corrected chi connectivity index (χ1v) is 9.99. The van der Waals surface area contributed by atoms with Crippen LogP contribution in [-0.4, -0.2) is 37.7 Å². The number of rotatable bonds is 8. The van der Waals surface area contributed by atoms with Crippen molar-refractivity contribution in [3.63, 3.8) is 0 Å². The second-order valence-corrected chi connectivity index (χ2v) is 8.17. The highest BCUT2D eigenvalue weighted by molar-refractivity contribution is 6.07. The summed E-state index contributed by atoms with van der Waals surface area (Å²) in [4.78, 5) is 28.7. The monoisotopic (exact) mass is 396 g/mol. The molecule has 3 rings (SSSR count). The van der Waals surface area contributed by atoms with Gasteiger partial charge in [0.1, 0.15) is 17.8 Å². The largest absolute Gasteiger partial charge is 0.497 e. The third kappa shape index (κ3) is 4.43. The zero-order valence-electron chi connectivity index (χ0n) is 17.6. The molecule has 3 amide bonds. The smallest absolute Gasteiger partial charge is 0.329 e. The van der Waals surface area contributed by atoms with E-state index in [0.717, 1.165) is 21.8 Å². The van der Waals surface area contributed by atoms with Gasteiger partial charge in [-0.05, 0) is 42.2 Å². The maximum absolute atomic E-state index is 13.5. The summed E-state index contributed by atoms with van der Waals surface area (Å²) in [5.74, 6) is 0.891. The van der Waals surface area contributed by atoms with Crippen molar-refractivity contribution in [3.8, 4) is 5.75 Å². The Morgan fingerprint density at radius 2 is 1.72 bits per heavy atom. The molecule has 1 unspecified atom stereocenters. The lowest BCUT2D eigenvalue weighted by atomic mass is 9.82. The Bertz CT molecular complexity index is 851. The van der Waals surface area contributed by atoms with E-state index < -0.39 is 5.54 Å². The van der Waals surface area contributed by atoms with E-state index in [9.17, 15) is 9.59 Å². The number of quaternary nitrogens is 1. The molecule has 0 saturated carbocycles. The third-order valence-corrected chi connectivity index (χ3v) is 5.25. The highest BCUT2D eigenvalue weighted by Crippen LogP contribution is 2.34. The maximum atomic E-state index is 13.5. The molecule has 29 heavy (non-hydrogen) atoms. The van der Waals surface area contributed by atoms with Gasteiger partial charge in [0.25, 0.3) is 5.91 Å². The molecule has 2 atom stereocenters. The number of benzene rings is 2. The summed E-state index contributed by atoms with van der Waals surface area (Å²) in [5, 5.41) is 3.01. The fraction of sp³-hybridized carbons (Fsp3) is 0.391. The first kappa shape index (κ1) is 20.9. The molecule has 2 N–H and O–H groups in total. The molecule has 6 nitrogen and oxygen atoms in total. The summed E-state index contributed by atoms with van der Waals surface area (Å²) >= 11 is 0. The fourth-order valence-corrected chi connectivity index (χ4v) is 3.97. The van der Waals surface area contributed by atoms with Crippen LogP contribution in [0, 0.1) is 5.92 Å². The minimum absolute atomic E-state index is 0.170. The van der Waals surface area contributed by atoms with Crippen LogP contribution in [0.2, 0.25) is 0 Å². The number of carbonyl (C=O) groups excluding carboxylic acids is 2. The third-order valence-electron chi connectivity index (χ3n) is 5.25. The molecular weight excluding hydrogens is 366 g/mol. The van der Waals surface area contributed by atoms with Gasteiger partial charge in [-0.1, -0.05) is 44.2 Å². The number of amides is 3. The SMILES string of the molecule is COc1ccc(C[NH+](C)CN2C(=O)N[C@@](CC(C)C)(c3ccccc3)C2=O)cc1. The van der Waals surface area contributed by atoms with Crippen LogP contribution in [0.15, 0.2) is 54.6 Å². The Morgan fingerprint density at radius 3 is 2.31 bits per heavy atom. The molecule has 0 spiro atoms. The highest BCUT2D eigenvalue weighted by Gasteiger charge is 2.53. The minimum Gasteiger partial charge on any atom is -0.497 e. The summed E-state index contributed by atoms with van der Waals surface area (Å²) < 4.78 is 5.19. The number of imide groups is 1. The van der Waals surface area contributed by atoms with E-state index >= 15 is 0 Å². The van der Waals surface area contributed by atoms with E-state index in [4.69, 9.17) is 4.74 Å². The van der Waals surface area contributed by atoms with Crippen molar-refractivity contribution in [1.82, 2.24) is 10.2 Å². The van der Waals surface area contributed by atoms with E-state index in [0.29, 0.717) is 19.6 Å². The fourth-order valence-electron chi connectivity index (χ4n) is 3.97.